The summed E-state index contributed by atoms with van der Waals surface area (Å²) in [5, 5.41) is 12.5. The second-order valence-electron chi connectivity index (χ2n) is 4.93. The summed E-state index contributed by atoms with van der Waals surface area (Å²) in [6.07, 6.45) is 0.246. The van der Waals surface area contributed by atoms with Crippen LogP contribution in [0.25, 0.3) is 0 Å². The molecule has 0 spiro atoms. The van der Waals surface area contributed by atoms with Gasteiger partial charge >= 0.3 is 5.97 Å². The summed E-state index contributed by atoms with van der Waals surface area (Å²) < 4.78 is 13.6. The maximum Gasteiger partial charge on any atom is 0.350 e. The monoisotopic (exact) mass is 673 g/mol. The van der Waals surface area contributed by atoms with E-state index in [1.807, 2.05) is 6.07 Å². The second kappa shape index (κ2) is 9.71. The quantitative estimate of drug-likeness (QED) is 0.407. The van der Waals surface area contributed by atoms with E-state index >= 15 is 0 Å². The fourth-order valence-corrected chi connectivity index (χ4v) is 5.74. The molecule has 0 heterocycles. The maximum absolute atomic E-state index is 11.8. The van der Waals surface area contributed by atoms with Crippen LogP contribution < -0.4 is 10.1 Å². The number of anilines is 1. The third-order valence-electron chi connectivity index (χ3n) is 3.23. The Hall–Kier alpha value is 0.110. The first-order valence-electron chi connectivity index (χ1n) is 7.13. The van der Waals surface area contributed by atoms with Crippen LogP contribution in [0.15, 0.2) is 6.07 Å². The number of halogens is 3. The lowest BCUT2D eigenvalue weighted by Crippen LogP contribution is -2.48. The number of carbonyl (C=O) groups excluding carboxylic acids is 1. The molecule has 134 valence electrons. The second-order valence-corrected chi connectivity index (χ2v) is 8.33. The van der Waals surface area contributed by atoms with Gasteiger partial charge in [0.2, 0.25) is 11.5 Å². The Morgan fingerprint density at radius 3 is 2.33 bits per heavy atom. The number of carboxylic acid groups (broad SMARTS) is 1. The summed E-state index contributed by atoms with van der Waals surface area (Å²) in [6.45, 7) is 5.32. The highest BCUT2D eigenvalue weighted by Gasteiger charge is 2.41. The molecule has 0 radical (unpaired) electrons. The van der Waals surface area contributed by atoms with Crippen molar-refractivity contribution in [3.63, 3.8) is 0 Å². The van der Waals surface area contributed by atoms with Crippen molar-refractivity contribution in [2.45, 2.75) is 32.8 Å². The first kappa shape index (κ1) is 22.2. The van der Waals surface area contributed by atoms with E-state index in [1.165, 1.54) is 6.92 Å². The fourth-order valence-electron chi connectivity index (χ4n) is 1.88. The molecule has 1 aromatic carbocycles. The zero-order valence-electron chi connectivity index (χ0n) is 13.4. The Bertz CT molecular complexity index is 638. The minimum absolute atomic E-state index is 0.0526. The zero-order valence-corrected chi connectivity index (χ0v) is 19.9. The largest absolute Gasteiger partial charge is 0.478 e. The lowest BCUT2D eigenvalue weighted by Gasteiger charge is -2.30. The Balaban J connectivity index is 3.38. The fraction of sp³-hybridized carbons (Fsp3) is 0.467. The summed E-state index contributed by atoms with van der Waals surface area (Å²) >= 11 is 6.28. The first-order valence-corrected chi connectivity index (χ1v) is 10.4. The van der Waals surface area contributed by atoms with E-state index < -0.39 is 11.6 Å². The summed E-state index contributed by atoms with van der Waals surface area (Å²) in [6, 6.07) is 1.84. The number of rotatable bonds is 8. The molecule has 2 N–H and O–H groups in total. The minimum Gasteiger partial charge on any atom is -0.478 e. The van der Waals surface area contributed by atoms with Gasteiger partial charge in [-0.1, -0.05) is 6.92 Å². The molecule has 6 nitrogen and oxygen atoms in total. The van der Waals surface area contributed by atoms with E-state index in [1.54, 1.807) is 13.8 Å². The van der Waals surface area contributed by atoms with Crippen molar-refractivity contribution in [3.8, 4) is 5.75 Å². The lowest BCUT2D eigenvalue weighted by molar-refractivity contribution is -0.161. The number of aliphatic carboxylic acids is 1. The van der Waals surface area contributed by atoms with E-state index in [0.717, 1.165) is 7.14 Å². The summed E-state index contributed by atoms with van der Waals surface area (Å²) in [4.78, 5) is 23.3. The molecule has 0 aliphatic rings. The molecule has 1 amide bonds. The van der Waals surface area contributed by atoms with E-state index in [4.69, 9.17) is 9.47 Å². The molecule has 0 saturated carbocycles. The molecule has 0 aliphatic heterocycles. The van der Waals surface area contributed by atoms with Crippen molar-refractivity contribution in [1.82, 2.24) is 0 Å². The van der Waals surface area contributed by atoms with Crippen LogP contribution >= 0.6 is 67.8 Å². The molecule has 1 aromatic rings. The number of carboxylic acids is 1. The molecule has 1 atom stereocenters. The molecule has 1 unspecified atom stereocenters. The Labute approximate surface area is 181 Å². The minimum atomic E-state index is -1.48. The predicted molar refractivity (Wildman–Crippen MR) is 117 cm³/mol. The third-order valence-corrected chi connectivity index (χ3v) is 5.91. The number of nitrogens with one attached hydrogen (secondary N) is 1. The molecule has 1 rings (SSSR count). The van der Waals surface area contributed by atoms with Crippen LogP contribution in [0.3, 0.4) is 0 Å². The van der Waals surface area contributed by atoms with E-state index in [9.17, 15) is 14.7 Å². The van der Waals surface area contributed by atoms with Crippen LogP contribution in [0, 0.1) is 10.7 Å². The van der Waals surface area contributed by atoms with Crippen molar-refractivity contribution in [1.29, 1.82) is 0 Å². The molecule has 0 bridgehead atoms. The Kier molecular flexibility index (Phi) is 8.96. The van der Waals surface area contributed by atoms with Gasteiger partial charge in [0.25, 0.3) is 0 Å². The predicted octanol–water partition coefficient (Wildman–Crippen LogP) is 4.11. The molecule has 0 fully saturated rings. The van der Waals surface area contributed by atoms with Gasteiger partial charge in [0, 0.05) is 17.1 Å². The van der Waals surface area contributed by atoms with Crippen LogP contribution in [0.1, 0.15) is 27.2 Å². The van der Waals surface area contributed by atoms with Gasteiger partial charge in [0.15, 0.2) is 0 Å². The van der Waals surface area contributed by atoms with Crippen LogP contribution in [-0.2, 0) is 14.3 Å². The molecule has 0 saturated heterocycles. The van der Waals surface area contributed by atoms with Gasteiger partial charge in [-0.05, 0) is 87.2 Å². The Morgan fingerprint density at radius 2 is 1.88 bits per heavy atom. The zero-order chi connectivity index (χ0) is 18.5. The van der Waals surface area contributed by atoms with Crippen molar-refractivity contribution in [3.05, 3.63) is 16.8 Å². The number of hydrogen-bond acceptors (Lipinski definition) is 4. The maximum atomic E-state index is 11.8. The molecule has 9 heteroatoms. The van der Waals surface area contributed by atoms with Gasteiger partial charge in [-0.25, -0.2) is 4.79 Å². The van der Waals surface area contributed by atoms with Crippen LogP contribution in [0.5, 0.6) is 5.75 Å². The van der Waals surface area contributed by atoms with Gasteiger partial charge in [-0.3, -0.25) is 4.79 Å². The highest BCUT2D eigenvalue weighted by molar-refractivity contribution is 14.1. The van der Waals surface area contributed by atoms with Crippen LogP contribution in [-0.4, -0.2) is 35.8 Å². The van der Waals surface area contributed by atoms with Gasteiger partial charge < -0.3 is 19.9 Å². The van der Waals surface area contributed by atoms with Crippen molar-refractivity contribution in [2.75, 3.05) is 18.5 Å². The summed E-state index contributed by atoms with van der Waals surface area (Å²) in [5.41, 5.74) is -0.859. The smallest absolute Gasteiger partial charge is 0.350 e. The highest BCUT2D eigenvalue weighted by atomic mass is 127. The van der Waals surface area contributed by atoms with Crippen molar-refractivity contribution >= 4 is 85.3 Å². The summed E-state index contributed by atoms with van der Waals surface area (Å²) in [7, 11) is 0. The van der Waals surface area contributed by atoms with Gasteiger partial charge in [-0.2, -0.15) is 0 Å². The summed E-state index contributed by atoms with van der Waals surface area (Å²) in [5.74, 6) is -0.846. The van der Waals surface area contributed by atoms with Gasteiger partial charge in [-0.15, -0.1) is 0 Å². The normalized spacial score (nSPS) is 13.2. The first-order chi connectivity index (χ1) is 11.2. The molecular weight excluding hydrogens is 655 g/mol. The molecular formula is C15H18I3NO5. The average Bonchev–Trinajstić information content (AvgIpc) is 2.50. The van der Waals surface area contributed by atoms with Crippen molar-refractivity contribution < 1.29 is 24.2 Å². The van der Waals surface area contributed by atoms with E-state index in [-0.39, 0.29) is 18.9 Å². The van der Waals surface area contributed by atoms with Crippen LogP contribution in [0.2, 0.25) is 0 Å². The number of amides is 1. The number of carbonyl (C=O) groups is 2. The topological polar surface area (TPSA) is 84.9 Å². The molecule has 0 aromatic heterocycles. The van der Waals surface area contributed by atoms with Crippen molar-refractivity contribution in [2.24, 2.45) is 0 Å². The highest BCUT2D eigenvalue weighted by Crippen LogP contribution is 2.39. The van der Waals surface area contributed by atoms with Gasteiger partial charge in [0.05, 0.1) is 19.4 Å². The van der Waals surface area contributed by atoms with Gasteiger partial charge in [0.1, 0.15) is 5.75 Å². The standard InChI is InChI=1S/C15H18I3NO5/c1-4-15(14(21)22,7-23-5-2)24-13-10(17)6-9(16)12(11(13)18)19-8(3)20/h6H,4-5,7H2,1-3H3,(H,19,20)(H,21,22). The number of ether oxygens (including phenoxy) is 2. The molecule has 0 aliphatic carbocycles. The molecule has 24 heavy (non-hydrogen) atoms. The lowest BCUT2D eigenvalue weighted by atomic mass is 10.0. The third kappa shape index (κ3) is 5.30. The SMILES string of the molecule is CCOCC(CC)(Oc1c(I)cc(I)c(NC(C)=O)c1I)C(=O)O. The van der Waals surface area contributed by atoms with E-state index in [2.05, 4.69) is 73.1 Å². The Morgan fingerprint density at radius 1 is 1.25 bits per heavy atom. The van der Waals surface area contributed by atoms with Crippen LogP contribution in [0.4, 0.5) is 5.69 Å². The number of hydrogen-bond donors (Lipinski definition) is 2. The number of benzene rings is 1. The van der Waals surface area contributed by atoms with E-state index in [0.29, 0.717) is 21.6 Å². The average molecular weight is 673 g/mol.